The minimum Gasteiger partial charge on any atom is -0.422 e. The van der Waals surface area contributed by atoms with Crippen molar-refractivity contribution in [2.75, 3.05) is 13.1 Å². The average Bonchev–Trinajstić information content (AvgIpc) is 2.54. The number of nitrogens with one attached hydrogen (secondary N) is 1. The first-order valence-corrected chi connectivity index (χ1v) is 7.64. The molecule has 2 heterocycles. The van der Waals surface area contributed by atoms with Gasteiger partial charge in [-0.25, -0.2) is 4.79 Å². The number of carbonyl (C=O) groups is 2. The van der Waals surface area contributed by atoms with Gasteiger partial charge in [0.1, 0.15) is 11.1 Å². The number of fused-ring (bicyclic) bond motifs is 1. The smallest absolute Gasteiger partial charge is 0.349 e. The summed E-state index contributed by atoms with van der Waals surface area (Å²) in [6, 6.07) is 8.78. The number of para-hydroxylation sites is 1. The third-order valence-corrected chi connectivity index (χ3v) is 4.06. The summed E-state index contributed by atoms with van der Waals surface area (Å²) in [4.78, 5) is 37.3. The molecule has 0 aliphatic carbocycles. The summed E-state index contributed by atoms with van der Waals surface area (Å²) in [6.45, 7) is 2.50. The Hall–Kier alpha value is -2.63. The Balaban J connectivity index is 1.78. The average molecular weight is 314 g/mol. The molecule has 0 unspecified atom stereocenters. The van der Waals surface area contributed by atoms with Crippen LogP contribution in [-0.2, 0) is 4.79 Å². The summed E-state index contributed by atoms with van der Waals surface area (Å²) < 4.78 is 5.22. The number of nitrogens with zero attached hydrogens (tertiary/aromatic N) is 1. The van der Waals surface area contributed by atoms with E-state index >= 15 is 0 Å². The van der Waals surface area contributed by atoms with Gasteiger partial charge < -0.3 is 14.6 Å². The van der Waals surface area contributed by atoms with E-state index in [2.05, 4.69) is 5.32 Å². The van der Waals surface area contributed by atoms with E-state index in [-0.39, 0.29) is 23.4 Å². The van der Waals surface area contributed by atoms with Crippen molar-refractivity contribution in [2.24, 2.45) is 0 Å². The number of hydrogen-bond donors (Lipinski definition) is 1. The van der Waals surface area contributed by atoms with Gasteiger partial charge in [-0.1, -0.05) is 18.2 Å². The van der Waals surface area contributed by atoms with E-state index < -0.39 is 5.63 Å². The summed E-state index contributed by atoms with van der Waals surface area (Å²) in [5.41, 5.74) is -0.0854. The van der Waals surface area contributed by atoms with Crippen LogP contribution in [-0.4, -0.2) is 35.8 Å². The summed E-state index contributed by atoms with van der Waals surface area (Å²) in [7, 11) is 0. The Kier molecular flexibility index (Phi) is 4.14. The lowest BCUT2D eigenvalue weighted by molar-refractivity contribution is -0.119. The fourth-order valence-corrected chi connectivity index (χ4v) is 2.90. The monoisotopic (exact) mass is 314 g/mol. The highest BCUT2D eigenvalue weighted by Crippen LogP contribution is 2.16. The molecule has 23 heavy (non-hydrogen) atoms. The third kappa shape index (κ3) is 3.26. The SMILES string of the molecule is CC(=O)NC1CCN(C(=O)c2cc3ccccc3oc2=O)CC1. The molecule has 1 aromatic carbocycles. The molecule has 0 spiro atoms. The van der Waals surface area contributed by atoms with Crippen LogP contribution in [0, 0.1) is 0 Å². The van der Waals surface area contributed by atoms with Crippen LogP contribution in [0.2, 0.25) is 0 Å². The molecule has 120 valence electrons. The third-order valence-electron chi connectivity index (χ3n) is 4.06. The molecule has 1 saturated heterocycles. The molecule has 1 aromatic heterocycles. The minimum absolute atomic E-state index is 0.0571. The second-order valence-corrected chi connectivity index (χ2v) is 5.75. The maximum Gasteiger partial charge on any atom is 0.349 e. The fraction of sp³-hybridized carbons (Fsp3) is 0.353. The van der Waals surface area contributed by atoms with Crippen LogP contribution in [0.15, 0.2) is 39.5 Å². The van der Waals surface area contributed by atoms with Gasteiger partial charge in [0.25, 0.3) is 5.91 Å². The van der Waals surface area contributed by atoms with Crippen molar-refractivity contribution in [1.29, 1.82) is 0 Å². The Bertz CT molecular complexity index is 804. The van der Waals surface area contributed by atoms with Gasteiger partial charge >= 0.3 is 5.63 Å². The van der Waals surface area contributed by atoms with Crippen molar-refractivity contribution in [3.63, 3.8) is 0 Å². The Labute approximate surface area is 133 Å². The standard InChI is InChI=1S/C17H18N2O4/c1-11(20)18-13-6-8-19(9-7-13)16(21)14-10-12-4-2-3-5-15(12)23-17(14)22/h2-5,10,13H,6-9H2,1H3,(H,18,20). The van der Waals surface area contributed by atoms with Crippen LogP contribution >= 0.6 is 0 Å². The Morgan fingerprint density at radius 3 is 2.61 bits per heavy atom. The number of likely N-dealkylation sites (tertiary alicyclic amines) is 1. The number of amides is 2. The van der Waals surface area contributed by atoms with Gasteiger partial charge in [-0.2, -0.15) is 0 Å². The van der Waals surface area contributed by atoms with E-state index in [1.54, 1.807) is 29.2 Å². The van der Waals surface area contributed by atoms with Crippen LogP contribution in [0.4, 0.5) is 0 Å². The molecule has 6 heteroatoms. The molecule has 1 aliphatic heterocycles. The summed E-state index contributed by atoms with van der Waals surface area (Å²) in [6.07, 6.45) is 1.37. The Morgan fingerprint density at radius 1 is 1.22 bits per heavy atom. The highest BCUT2D eigenvalue weighted by Gasteiger charge is 2.26. The topological polar surface area (TPSA) is 79.6 Å². The van der Waals surface area contributed by atoms with Gasteiger partial charge in [0.15, 0.2) is 0 Å². The summed E-state index contributed by atoms with van der Waals surface area (Å²) in [5, 5.41) is 3.58. The normalized spacial score (nSPS) is 15.6. The molecule has 0 saturated carbocycles. The minimum atomic E-state index is -0.613. The first-order valence-electron chi connectivity index (χ1n) is 7.64. The molecule has 2 aromatic rings. The van der Waals surface area contributed by atoms with E-state index in [9.17, 15) is 14.4 Å². The molecule has 1 N–H and O–H groups in total. The van der Waals surface area contributed by atoms with E-state index in [1.807, 2.05) is 6.07 Å². The van der Waals surface area contributed by atoms with E-state index in [0.717, 1.165) is 5.39 Å². The predicted octanol–water partition coefficient (Wildman–Crippen LogP) is 1.53. The summed E-state index contributed by atoms with van der Waals surface area (Å²) in [5.74, 6) is -0.379. The van der Waals surface area contributed by atoms with Gasteiger partial charge in [-0.05, 0) is 25.0 Å². The van der Waals surface area contributed by atoms with Crippen molar-refractivity contribution in [3.8, 4) is 0 Å². The second-order valence-electron chi connectivity index (χ2n) is 5.75. The van der Waals surface area contributed by atoms with E-state index in [0.29, 0.717) is 31.5 Å². The number of benzene rings is 1. The van der Waals surface area contributed by atoms with E-state index in [1.165, 1.54) is 6.92 Å². The molecule has 0 bridgehead atoms. The van der Waals surface area contributed by atoms with Crippen molar-refractivity contribution in [1.82, 2.24) is 10.2 Å². The number of carbonyl (C=O) groups excluding carboxylic acids is 2. The number of hydrogen-bond acceptors (Lipinski definition) is 4. The molecule has 3 rings (SSSR count). The zero-order valence-electron chi connectivity index (χ0n) is 12.9. The van der Waals surface area contributed by atoms with E-state index in [4.69, 9.17) is 4.42 Å². The first-order chi connectivity index (χ1) is 11.0. The molecule has 0 atom stereocenters. The van der Waals surface area contributed by atoms with Crippen LogP contribution < -0.4 is 10.9 Å². The lowest BCUT2D eigenvalue weighted by atomic mass is 10.0. The molecular weight excluding hydrogens is 296 g/mol. The van der Waals surface area contributed by atoms with Gasteiger partial charge in [0.05, 0.1) is 0 Å². The molecule has 0 radical (unpaired) electrons. The maximum absolute atomic E-state index is 12.6. The fourth-order valence-electron chi connectivity index (χ4n) is 2.90. The largest absolute Gasteiger partial charge is 0.422 e. The van der Waals surface area contributed by atoms with Gasteiger partial charge in [-0.3, -0.25) is 9.59 Å². The van der Waals surface area contributed by atoms with Crippen molar-refractivity contribution in [2.45, 2.75) is 25.8 Å². The Morgan fingerprint density at radius 2 is 1.91 bits per heavy atom. The lowest BCUT2D eigenvalue weighted by Gasteiger charge is -2.32. The maximum atomic E-state index is 12.6. The molecule has 2 amide bonds. The lowest BCUT2D eigenvalue weighted by Crippen LogP contribution is -2.46. The molecule has 6 nitrogen and oxygen atoms in total. The van der Waals surface area contributed by atoms with Gasteiger partial charge in [0.2, 0.25) is 5.91 Å². The molecule has 1 aliphatic rings. The predicted molar refractivity (Wildman–Crippen MR) is 85.2 cm³/mol. The van der Waals surface area contributed by atoms with Crippen LogP contribution in [0.1, 0.15) is 30.1 Å². The second kappa shape index (κ2) is 6.24. The number of rotatable bonds is 2. The highest BCUT2D eigenvalue weighted by atomic mass is 16.4. The van der Waals surface area contributed by atoms with Gasteiger partial charge in [0, 0.05) is 31.4 Å². The zero-order valence-corrected chi connectivity index (χ0v) is 12.9. The van der Waals surface area contributed by atoms with Crippen LogP contribution in [0.25, 0.3) is 11.0 Å². The van der Waals surface area contributed by atoms with Crippen molar-refractivity contribution >= 4 is 22.8 Å². The van der Waals surface area contributed by atoms with Gasteiger partial charge in [-0.15, -0.1) is 0 Å². The van der Waals surface area contributed by atoms with Crippen molar-refractivity contribution < 1.29 is 14.0 Å². The molecule has 1 fully saturated rings. The summed E-state index contributed by atoms with van der Waals surface area (Å²) >= 11 is 0. The first kappa shape index (κ1) is 15.3. The number of piperidine rings is 1. The van der Waals surface area contributed by atoms with Crippen molar-refractivity contribution in [3.05, 3.63) is 46.3 Å². The highest BCUT2D eigenvalue weighted by molar-refractivity contribution is 5.96. The quantitative estimate of drug-likeness (QED) is 0.853. The zero-order chi connectivity index (χ0) is 16.4. The van der Waals surface area contributed by atoms with Crippen LogP contribution in [0.5, 0.6) is 0 Å². The van der Waals surface area contributed by atoms with Crippen LogP contribution in [0.3, 0.4) is 0 Å². The molecular formula is C17H18N2O4.